The monoisotopic (exact) mass is 472 g/mol. The van der Waals surface area contributed by atoms with E-state index in [1.807, 2.05) is 0 Å². The summed E-state index contributed by atoms with van der Waals surface area (Å²) >= 11 is 0. The quantitative estimate of drug-likeness (QED) is 0.576. The highest BCUT2D eigenvalue weighted by Crippen LogP contribution is 2.40. The number of pyridine rings is 2. The first-order chi connectivity index (χ1) is 16.2. The maximum Gasteiger partial charge on any atom is 0.417 e. The largest absolute Gasteiger partial charge is 0.417 e. The maximum absolute atomic E-state index is 13.6. The van der Waals surface area contributed by atoms with Gasteiger partial charge in [0, 0.05) is 25.0 Å². The first-order valence-corrected chi connectivity index (χ1v) is 10.7. The molecule has 0 spiro atoms. The molecule has 0 radical (unpaired) electrons. The average molecular weight is 472 g/mol. The number of hydrogen-bond acceptors (Lipinski definition) is 6. The summed E-state index contributed by atoms with van der Waals surface area (Å²) in [5, 5.41) is 3.19. The number of nitrogens with one attached hydrogen (secondary N) is 1. The second-order valence-corrected chi connectivity index (χ2v) is 8.62. The van der Waals surface area contributed by atoms with Crippen molar-refractivity contribution in [2.24, 2.45) is 5.92 Å². The van der Waals surface area contributed by atoms with Gasteiger partial charge in [0.2, 0.25) is 0 Å². The molecular weight excluding hydrogens is 452 g/mol. The van der Waals surface area contributed by atoms with Gasteiger partial charge in [0.1, 0.15) is 11.5 Å². The molecule has 1 aliphatic carbocycles. The molecule has 0 aromatic carbocycles. The predicted octanol–water partition coefficient (Wildman–Crippen LogP) is 4.12. The first-order valence-electron chi connectivity index (χ1n) is 10.7. The van der Waals surface area contributed by atoms with Crippen LogP contribution in [0.25, 0.3) is 11.4 Å². The van der Waals surface area contributed by atoms with E-state index in [1.54, 1.807) is 17.9 Å². The highest BCUT2D eigenvalue weighted by atomic mass is 19.4. The van der Waals surface area contributed by atoms with Gasteiger partial charge in [-0.2, -0.15) is 13.2 Å². The molecule has 1 saturated carbocycles. The summed E-state index contributed by atoms with van der Waals surface area (Å²) in [6.07, 6.45) is 1.52. The predicted molar refractivity (Wildman–Crippen MR) is 114 cm³/mol. The molecule has 5 rings (SSSR count). The molecule has 1 saturated heterocycles. The highest BCUT2D eigenvalue weighted by Gasteiger charge is 2.48. The minimum Gasteiger partial charge on any atom is -0.365 e. The Labute approximate surface area is 192 Å². The van der Waals surface area contributed by atoms with Gasteiger partial charge in [0.25, 0.3) is 5.91 Å². The van der Waals surface area contributed by atoms with Gasteiger partial charge in [-0.25, -0.2) is 19.3 Å². The summed E-state index contributed by atoms with van der Waals surface area (Å²) in [7, 11) is 0. The molecule has 4 heterocycles. The van der Waals surface area contributed by atoms with Gasteiger partial charge < -0.3 is 10.2 Å². The molecule has 2 unspecified atom stereocenters. The van der Waals surface area contributed by atoms with Crippen molar-refractivity contribution in [2.45, 2.75) is 38.0 Å². The Hall–Kier alpha value is -3.63. The van der Waals surface area contributed by atoms with Crippen molar-refractivity contribution in [3.63, 3.8) is 0 Å². The summed E-state index contributed by atoms with van der Waals surface area (Å²) in [6, 6.07) is 3.70. The van der Waals surface area contributed by atoms with Crippen LogP contribution in [-0.2, 0) is 6.18 Å². The second kappa shape index (κ2) is 8.30. The zero-order valence-electron chi connectivity index (χ0n) is 18.1. The van der Waals surface area contributed by atoms with Crippen LogP contribution in [-0.4, -0.2) is 49.4 Å². The molecule has 2 aliphatic rings. The van der Waals surface area contributed by atoms with Crippen molar-refractivity contribution < 1.29 is 22.4 Å². The summed E-state index contributed by atoms with van der Waals surface area (Å²) in [6.45, 7) is 2.36. The lowest BCUT2D eigenvalue weighted by molar-refractivity contribution is -0.137. The van der Waals surface area contributed by atoms with Crippen molar-refractivity contribution >= 4 is 11.7 Å². The van der Waals surface area contributed by atoms with E-state index in [0.717, 1.165) is 43.1 Å². The van der Waals surface area contributed by atoms with E-state index < -0.39 is 17.6 Å². The zero-order chi connectivity index (χ0) is 24.0. The lowest BCUT2D eigenvalue weighted by Gasteiger charge is -2.34. The fourth-order valence-corrected chi connectivity index (χ4v) is 4.83. The summed E-state index contributed by atoms with van der Waals surface area (Å²) in [5.74, 6) is -0.0709. The number of anilines is 1. The van der Waals surface area contributed by atoms with Crippen molar-refractivity contribution in [1.29, 1.82) is 0 Å². The fourth-order valence-electron chi connectivity index (χ4n) is 4.83. The first kappa shape index (κ1) is 22.2. The topological polar surface area (TPSA) is 83.9 Å². The Morgan fingerprint density at radius 1 is 1.06 bits per heavy atom. The Morgan fingerprint density at radius 3 is 2.47 bits per heavy atom. The van der Waals surface area contributed by atoms with Gasteiger partial charge in [0.05, 0.1) is 29.6 Å². The number of carbonyl (C=O) groups excluding carboxylic acids is 1. The second-order valence-electron chi connectivity index (χ2n) is 8.62. The molecule has 1 N–H and O–H groups in total. The Balaban J connectivity index is 1.38. The van der Waals surface area contributed by atoms with Gasteiger partial charge in [-0.15, -0.1) is 0 Å². The van der Waals surface area contributed by atoms with Gasteiger partial charge >= 0.3 is 6.18 Å². The van der Waals surface area contributed by atoms with Crippen molar-refractivity contribution in [1.82, 2.24) is 24.8 Å². The van der Waals surface area contributed by atoms with Crippen LogP contribution < -0.4 is 5.32 Å². The number of aromatic nitrogens is 4. The van der Waals surface area contributed by atoms with Crippen LogP contribution in [0.5, 0.6) is 0 Å². The molecule has 34 heavy (non-hydrogen) atoms. The number of halogens is 4. The number of aryl methyl sites for hydroxylation is 1. The van der Waals surface area contributed by atoms with Crippen LogP contribution in [0.3, 0.4) is 0 Å². The maximum atomic E-state index is 13.6. The van der Waals surface area contributed by atoms with Crippen LogP contribution in [0.1, 0.15) is 34.5 Å². The van der Waals surface area contributed by atoms with Crippen molar-refractivity contribution in [3.8, 4) is 11.4 Å². The third kappa shape index (κ3) is 4.06. The van der Waals surface area contributed by atoms with Crippen LogP contribution >= 0.6 is 0 Å². The lowest BCUT2D eigenvalue weighted by Crippen LogP contribution is -2.48. The SMILES string of the molecule is Cc1ccnc(C(=O)N2CC3CC2[C@@H](Nc2ccc(C(F)(F)F)cn2)C3)c1-c1ncc(F)cn1. The summed E-state index contributed by atoms with van der Waals surface area (Å²) in [5.41, 5.74) is 0.552. The fraction of sp³-hybridized carbons (Fsp3) is 0.348. The number of nitrogens with zero attached hydrogens (tertiary/aromatic N) is 5. The summed E-state index contributed by atoms with van der Waals surface area (Å²) < 4.78 is 51.8. The summed E-state index contributed by atoms with van der Waals surface area (Å²) in [4.78, 5) is 31.6. The zero-order valence-corrected chi connectivity index (χ0v) is 18.1. The highest BCUT2D eigenvalue weighted by molar-refractivity contribution is 5.99. The number of piperidine rings is 1. The number of carbonyl (C=O) groups is 1. The molecule has 1 aliphatic heterocycles. The molecule has 176 valence electrons. The third-order valence-electron chi connectivity index (χ3n) is 6.37. The molecule has 3 aromatic rings. The van der Waals surface area contributed by atoms with Crippen molar-refractivity contribution in [3.05, 3.63) is 65.6 Å². The number of amides is 1. The average Bonchev–Trinajstić information content (AvgIpc) is 3.40. The molecule has 7 nitrogen and oxygen atoms in total. The normalized spacial score (nSPS) is 21.7. The minimum atomic E-state index is -4.45. The van der Waals surface area contributed by atoms with E-state index in [9.17, 15) is 22.4 Å². The van der Waals surface area contributed by atoms with E-state index in [1.165, 1.54) is 12.3 Å². The number of alkyl halides is 3. The standard InChI is InChI=1S/C23H20F4N6O/c1-12-4-5-28-20(19(12)21-30-9-15(24)10-31-21)22(34)33-11-13-6-16(17(33)7-13)32-18-3-2-14(8-29-18)23(25,26)27/h2-5,8-10,13,16-17H,6-7,11H2,1H3,(H,29,32)/t13?,16-,17?/m0/s1. The van der Waals surface area contributed by atoms with Gasteiger partial charge in [-0.1, -0.05) is 0 Å². The number of hydrogen-bond donors (Lipinski definition) is 1. The smallest absolute Gasteiger partial charge is 0.365 e. The minimum absolute atomic E-state index is 0.151. The number of likely N-dealkylation sites (tertiary alicyclic amines) is 1. The Kier molecular flexibility index (Phi) is 5.41. The van der Waals surface area contributed by atoms with Crippen LogP contribution in [0.4, 0.5) is 23.4 Å². The van der Waals surface area contributed by atoms with E-state index >= 15 is 0 Å². The molecular formula is C23H20F4N6O. The number of rotatable bonds is 4. The third-order valence-corrected chi connectivity index (χ3v) is 6.37. The molecule has 11 heteroatoms. The molecule has 1 amide bonds. The molecule has 2 bridgehead atoms. The van der Waals surface area contributed by atoms with Crippen molar-refractivity contribution in [2.75, 3.05) is 11.9 Å². The van der Waals surface area contributed by atoms with E-state index in [-0.39, 0.29) is 35.4 Å². The van der Waals surface area contributed by atoms with Gasteiger partial charge in [-0.05, 0) is 49.4 Å². The molecule has 3 aromatic heterocycles. The van der Waals surface area contributed by atoms with Crippen LogP contribution in [0.2, 0.25) is 0 Å². The molecule has 2 fully saturated rings. The van der Waals surface area contributed by atoms with Crippen LogP contribution in [0, 0.1) is 18.7 Å². The Bertz CT molecular complexity index is 1220. The van der Waals surface area contributed by atoms with Gasteiger partial charge in [-0.3, -0.25) is 9.78 Å². The van der Waals surface area contributed by atoms with Gasteiger partial charge in [0.15, 0.2) is 11.6 Å². The van der Waals surface area contributed by atoms with Crippen LogP contribution in [0.15, 0.2) is 43.0 Å². The lowest BCUT2D eigenvalue weighted by atomic mass is 10.0. The Morgan fingerprint density at radius 2 is 1.82 bits per heavy atom. The number of fused-ring (bicyclic) bond motifs is 2. The van der Waals surface area contributed by atoms with E-state index in [2.05, 4.69) is 25.3 Å². The van der Waals surface area contributed by atoms with E-state index in [0.29, 0.717) is 17.9 Å². The van der Waals surface area contributed by atoms with E-state index in [4.69, 9.17) is 0 Å². The molecule has 3 atom stereocenters.